The lowest BCUT2D eigenvalue weighted by molar-refractivity contribution is 0.0622. The van der Waals surface area contributed by atoms with E-state index < -0.39 is 6.04 Å². The van der Waals surface area contributed by atoms with Gasteiger partial charge in [-0.2, -0.15) is 5.26 Å². The van der Waals surface area contributed by atoms with Gasteiger partial charge in [-0.15, -0.1) is 0 Å². The highest BCUT2D eigenvalue weighted by Gasteiger charge is 2.31. The van der Waals surface area contributed by atoms with Crippen LogP contribution in [0.1, 0.15) is 15.9 Å². The molecule has 1 fully saturated rings. The third-order valence-corrected chi connectivity index (χ3v) is 7.92. The number of piperazine rings is 1. The fraction of sp³-hybridized carbons (Fsp3) is 0.231. The molecular weight excluding hydrogens is 492 g/mol. The first-order valence-electron chi connectivity index (χ1n) is 11.2. The molecule has 1 amide bonds. The summed E-state index contributed by atoms with van der Waals surface area (Å²) in [5.74, 6) is 1.07. The lowest BCUT2D eigenvalue weighted by Crippen LogP contribution is -2.53. The first-order valence-corrected chi connectivity index (χ1v) is 12.8. The lowest BCUT2D eigenvalue weighted by atomic mass is 10.1. The number of hydrogen-bond donors (Lipinski definition) is 1. The summed E-state index contributed by atoms with van der Waals surface area (Å²) in [5, 5.41) is 13.6. The maximum absolute atomic E-state index is 13.5. The van der Waals surface area contributed by atoms with Gasteiger partial charge in [0.25, 0.3) is 5.91 Å². The van der Waals surface area contributed by atoms with Gasteiger partial charge in [-0.3, -0.25) is 4.79 Å². The van der Waals surface area contributed by atoms with Crippen molar-refractivity contribution in [2.24, 2.45) is 0 Å². The Balaban J connectivity index is 1.54. The molecule has 0 bridgehead atoms. The van der Waals surface area contributed by atoms with Crippen molar-refractivity contribution in [3.8, 4) is 11.8 Å². The number of pyridine rings is 1. The molecule has 3 heterocycles. The van der Waals surface area contributed by atoms with Gasteiger partial charge < -0.3 is 19.9 Å². The zero-order valence-corrected chi connectivity index (χ0v) is 21.7. The van der Waals surface area contributed by atoms with Crippen LogP contribution in [0.15, 0.2) is 76.8 Å². The molecule has 2 aromatic heterocycles. The van der Waals surface area contributed by atoms with E-state index in [0.29, 0.717) is 30.1 Å². The molecule has 1 saturated heterocycles. The molecule has 1 aliphatic heterocycles. The van der Waals surface area contributed by atoms with Crippen molar-refractivity contribution in [1.29, 1.82) is 5.26 Å². The summed E-state index contributed by atoms with van der Waals surface area (Å²) in [5.41, 5.74) is 2.14. The van der Waals surface area contributed by atoms with E-state index >= 15 is 0 Å². The van der Waals surface area contributed by atoms with Crippen molar-refractivity contribution in [1.82, 2.24) is 19.8 Å². The molecule has 0 radical (unpaired) electrons. The number of rotatable bonds is 8. The van der Waals surface area contributed by atoms with Gasteiger partial charge in [0.1, 0.15) is 17.6 Å². The number of carbonyl (C=O) groups is 1. The zero-order valence-electron chi connectivity index (χ0n) is 20.1. The number of amides is 1. The molecule has 10 heteroatoms. The standard InChI is InChI=1S/C26H26N6O2S2/c1-5-18(3)32-11-10-31(16-19(32)14-27)25(33)20-13-22(17(2)12-21(20)34-4)35-24-15-29-26(36-24)30-23-8-6-7-9-28-23/h5-9,12-13,15,19H,1,3,10-11,16H2,2,4H3,(H,28,29,30)/t19-/m1/s1. The number of aryl methyl sites for hydroxylation is 1. The van der Waals surface area contributed by atoms with E-state index in [9.17, 15) is 10.1 Å². The minimum Gasteiger partial charge on any atom is -0.496 e. The number of aromatic nitrogens is 2. The van der Waals surface area contributed by atoms with Crippen molar-refractivity contribution in [3.63, 3.8) is 0 Å². The molecule has 0 saturated carbocycles. The summed E-state index contributed by atoms with van der Waals surface area (Å²) in [6.07, 6.45) is 5.15. The molecule has 0 unspecified atom stereocenters. The van der Waals surface area contributed by atoms with Crippen molar-refractivity contribution in [3.05, 3.63) is 78.8 Å². The van der Waals surface area contributed by atoms with Crippen LogP contribution in [-0.4, -0.2) is 58.5 Å². The van der Waals surface area contributed by atoms with E-state index in [-0.39, 0.29) is 12.5 Å². The fourth-order valence-corrected chi connectivity index (χ4v) is 5.78. The second kappa shape index (κ2) is 11.3. The van der Waals surface area contributed by atoms with Crippen LogP contribution in [-0.2, 0) is 0 Å². The van der Waals surface area contributed by atoms with Crippen LogP contribution in [0.4, 0.5) is 10.9 Å². The third-order valence-electron chi connectivity index (χ3n) is 5.74. The number of methoxy groups -OCH3 is 1. The number of thiazole rings is 1. The van der Waals surface area contributed by atoms with Gasteiger partial charge in [0.2, 0.25) is 0 Å². The predicted molar refractivity (Wildman–Crippen MR) is 143 cm³/mol. The summed E-state index contributed by atoms with van der Waals surface area (Å²) < 4.78 is 6.53. The normalized spacial score (nSPS) is 15.2. The Morgan fingerprint density at radius 2 is 2.19 bits per heavy atom. The summed E-state index contributed by atoms with van der Waals surface area (Å²) >= 11 is 3.05. The van der Waals surface area contributed by atoms with Crippen molar-refractivity contribution in [2.45, 2.75) is 22.1 Å². The summed E-state index contributed by atoms with van der Waals surface area (Å²) in [6, 6.07) is 11.2. The van der Waals surface area contributed by atoms with Crippen LogP contribution < -0.4 is 10.1 Å². The zero-order chi connectivity index (χ0) is 25.7. The van der Waals surface area contributed by atoms with Gasteiger partial charge in [0.15, 0.2) is 5.13 Å². The number of nitriles is 1. The molecule has 1 N–H and O–H groups in total. The quantitative estimate of drug-likeness (QED) is 0.412. The van der Waals surface area contributed by atoms with Gasteiger partial charge in [0.05, 0.1) is 35.7 Å². The smallest absolute Gasteiger partial charge is 0.257 e. The van der Waals surface area contributed by atoms with Crippen LogP contribution in [0.5, 0.6) is 5.75 Å². The molecule has 36 heavy (non-hydrogen) atoms. The average Bonchev–Trinajstić information content (AvgIpc) is 3.35. The monoisotopic (exact) mass is 518 g/mol. The number of carbonyl (C=O) groups excluding carboxylic acids is 1. The maximum Gasteiger partial charge on any atom is 0.257 e. The Morgan fingerprint density at radius 3 is 2.89 bits per heavy atom. The highest BCUT2D eigenvalue weighted by atomic mass is 32.2. The van der Waals surface area contributed by atoms with E-state index in [2.05, 4.69) is 34.5 Å². The minimum absolute atomic E-state index is 0.167. The van der Waals surface area contributed by atoms with E-state index in [0.717, 1.165) is 25.6 Å². The molecule has 1 aromatic carbocycles. The second-order valence-corrected chi connectivity index (χ2v) is 10.4. The minimum atomic E-state index is -0.485. The van der Waals surface area contributed by atoms with Gasteiger partial charge in [-0.05, 0) is 42.8 Å². The van der Waals surface area contributed by atoms with Gasteiger partial charge in [-0.25, -0.2) is 9.97 Å². The number of anilines is 2. The molecule has 1 aliphatic rings. The number of nitrogens with one attached hydrogen (secondary N) is 1. The van der Waals surface area contributed by atoms with E-state index in [4.69, 9.17) is 4.74 Å². The number of allylic oxidation sites excluding steroid dienone is 1. The number of hydrogen-bond acceptors (Lipinski definition) is 9. The number of nitrogens with zero attached hydrogens (tertiary/aromatic N) is 5. The fourth-order valence-electron chi connectivity index (χ4n) is 3.84. The van der Waals surface area contributed by atoms with Gasteiger partial charge in [-0.1, -0.05) is 42.3 Å². The van der Waals surface area contributed by atoms with Crippen LogP contribution in [0.2, 0.25) is 0 Å². The predicted octanol–water partition coefficient (Wildman–Crippen LogP) is 5.10. The topological polar surface area (TPSA) is 94.4 Å². The van der Waals surface area contributed by atoms with E-state index in [1.54, 1.807) is 42.2 Å². The largest absolute Gasteiger partial charge is 0.496 e. The molecule has 8 nitrogen and oxygen atoms in total. The maximum atomic E-state index is 13.5. The Labute approximate surface area is 218 Å². The lowest BCUT2D eigenvalue weighted by Gasteiger charge is -2.40. The molecule has 184 valence electrons. The number of benzene rings is 1. The highest BCUT2D eigenvalue weighted by Crippen LogP contribution is 2.39. The summed E-state index contributed by atoms with van der Waals surface area (Å²) in [7, 11) is 1.56. The van der Waals surface area contributed by atoms with Crippen LogP contribution in [0.3, 0.4) is 0 Å². The first-order chi connectivity index (χ1) is 17.4. The average molecular weight is 519 g/mol. The SMILES string of the molecule is C=CC(=C)N1CCN(C(=O)c2cc(Sc3cnc(Nc4ccccn4)s3)c(C)cc2OC)C[C@H]1C#N. The molecular formula is C26H26N6O2S2. The third kappa shape index (κ3) is 5.53. The Hall–Kier alpha value is -3.81. The van der Waals surface area contributed by atoms with E-state index in [1.165, 1.54) is 11.3 Å². The Kier molecular flexibility index (Phi) is 7.93. The Morgan fingerprint density at radius 1 is 1.36 bits per heavy atom. The molecule has 4 rings (SSSR count). The van der Waals surface area contributed by atoms with Crippen molar-refractivity contribution in [2.75, 3.05) is 32.1 Å². The first kappa shape index (κ1) is 25.3. The van der Waals surface area contributed by atoms with E-state index in [1.807, 2.05) is 42.2 Å². The Bertz CT molecular complexity index is 1320. The summed E-state index contributed by atoms with van der Waals surface area (Å²) in [6.45, 7) is 10.9. The van der Waals surface area contributed by atoms with Gasteiger partial charge in [0, 0.05) is 29.9 Å². The molecule has 3 aromatic rings. The van der Waals surface area contributed by atoms with Crippen molar-refractivity contribution >= 4 is 40.0 Å². The highest BCUT2D eigenvalue weighted by molar-refractivity contribution is 8.01. The molecule has 0 aliphatic carbocycles. The van der Waals surface area contributed by atoms with Crippen LogP contribution in [0.25, 0.3) is 0 Å². The molecule has 1 atom stereocenters. The van der Waals surface area contributed by atoms with Crippen LogP contribution >= 0.6 is 23.1 Å². The van der Waals surface area contributed by atoms with Gasteiger partial charge >= 0.3 is 0 Å². The molecule has 0 spiro atoms. The van der Waals surface area contributed by atoms with Crippen LogP contribution in [0, 0.1) is 18.3 Å². The summed E-state index contributed by atoms with van der Waals surface area (Å²) in [4.78, 5) is 26.8. The second-order valence-electron chi connectivity index (χ2n) is 8.03. The number of ether oxygens (including phenoxy) is 1. The van der Waals surface area contributed by atoms with Crippen molar-refractivity contribution < 1.29 is 9.53 Å².